The van der Waals surface area contributed by atoms with Gasteiger partial charge in [-0.3, -0.25) is 9.89 Å². The fourth-order valence-corrected chi connectivity index (χ4v) is 2.81. The summed E-state index contributed by atoms with van der Waals surface area (Å²) >= 11 is 0. The average Bonchev–Trinajstić information content (AvgIpc) is 3.18. The highest BCUT2D eigenvalue weighted by molar-refractivity contribution is 5.96. The minimum atomic E-state index is -0.219. The summed E-state index contributed by atoms with van der Waals surface area (Å²) in [6.07, 6.45) is 4.32. The molecule has 0 aliphatic heterocycles. The van der Waals surface area contributed by atoms with E-state index in [-0.39, 0.29) is 11.8 Å². The van der Waals surface area contributed by atoms with Gasteiger partial charge in [0.1, 0.15) is 5.75 Å². The van der Waals surface area contributed by atoms with Crippen LogP contribution in [0.4, 0.5) is 5.69 Å². The number of benzene rings is 2. The monoisotopic (exact) mass is 335 g/mol. The lowest BCUT2D eigenvalue weighted by Crippen LogP contribution is -2.20. The second-order valence-corrected chi connectivity index (χ2v) is 5.79. The molecule has 0 saturated heterocycles. The first kappa shape index (κ1) is 16.8. The van der Waals surface area contributed by atoms with Gasteiger partial charge >= 0.3 is 0 Å². The summed E-state index contributed by atoms with van der Waals surface area (Å²) in [7, 11) is 1.63. The van der Waals surface area contributed by atoms with E-state index in [1.807, 2.05) is 61.7 Å². The number of aromatic nitrogens is 2. The number of carbonyl (C=O) groups excluding carboxylic acids is 1. The maximum Gasteiger partial charge on any atom is 0.231 e. The molecule has 0 unspecified atom stereocenters. The van der Waals surface area contributed by atoms with Crippen molar-refractivity contribution in [3.8, 4) is 16.9 Å². The molecule has 1 aromatic heterocycles. The van der Waals surface area contributed by atoms with Crippen LogP contribution in [-0.2, 0) is 4.79 Å². The number of carbonyl (C=O) groups is 1. The third-order valence-corrected chi connectivity index (χ3v) is 4.20. The molecule has 0 bridgehead atoms. The van der Waals surface area contributed by atoms with Gasteiger partial charge in [0, 0.05) is 17.4 Å². The van der Waals surface area contributed by atoms with Crippen molar-refractivity contribution in [3.05, 3.63) is 66.5 Å². The Labute approximate surface area is 147 Å². The van der Waals surface area contributed by atoms with Crippen molar-refractivity contribution in [1.29, 1.82) is 0 Å². The highest BCUT2D eigenvalue weighted by Gasteiger charge is 2.19. The lowest BCUT2D eigenvalue weighted by atomic mass is 9.95. The number of methoxy groups -OCH3 is 1. The Morgan fingerprint density at radius 3 is 2.64 bits per heavy atom. The quantitative estimate of drug-likeness (QED) is 0.709. The van der Waals surface area contributed by atoms with Crippen LogP contribution in [0.3, 0.4) is 0 Å². The average molecular weight is 335 g/mol. The van der Waals surface area contributed by atoms with Crippen LogP contribution >= 0.6 is 0 Å². The van der Waals surface area contributed by atoms with Crippen molar-refractivity contribution in [2.45, 2.75) is 19.3 Å². The number of hydrogen-bond donors (Lipinski definition) is 2. The SMILES string of the molecule is CC[C@@H](C(=O)Nc1ccc(-c2cn[nH]c2)cc1)c1cccc(OC)c1. The van der Waals surface area contributed by atoms with Gasteiger partial charge in [-0.25, -0.2) is 0 Å². The van der Waals surface area contributed by atoms with Crippen molar-refractivity contribution in [3.63, 3.8) is 0 Å². The molecular weight excluding hydrogens is 314 g/mol. The highest BCUT2D eigenvalue weighted by Crippen LogP contribution is 2.26. The number of hydrogen-bond acceptors (Lipinski definition) is 3. The normalized spacial score (nSPS) is 11.8. The molecular formula is C20H21N3O2. The number of ether oxygens (including phenoxy) is 1. The minimum Gasteiger partial charge on any atom is -0.497 e. The van der Waals surface area contributed by atoms with Crippen LogP contribution in [0.25, 0.3) is 11.1 Å². The van der Waals surface area contributed by atoms with Gasteiger partial charge in [-0.05, 0) is 41.8 Å². The van der Waals surface area contributed by atoms with Gasteiger partial charge in [-0.2, -0.15) is 5.10 Å². The molecule has 0 spiro atoms. The molecule has 0 saturated carbocycles. The third-order valence-electron chi connectivity index (χ3n) is 4.20. The topological polar surface area (TPSA) is 67.0 Å². The largest absolute Gasteiger partial charge is 0.497 e. The molecule has 25 heavy (non-hydrogen) atoms. The summed E-state index contributed by atoms with van der Waals surface area (Å²) < 4.78 is 5.26. The molecule has 2 N–H and O–H groups in total. The van der Waals surface area contributed by atoms with E-state index in [0.717, 1.165) is 28.1 Å². The molecule has 2 aromatic carbocycles. The summed E-state index contributed by atoms with van der Waals surface area (Å²) in [4.78, 5) is 12.7. The zero-order chi connectivity index (χ0) is 17.6. The second kappa shape index (κ2) is 7.66. The molecule has 3 rings (SSSR count). The number of nitrogens with zero attached hydrogens (tertiary/aromatic N) is 1. The van der Waals surface area contributed by atoms with Crippen LogP contribution < -0.4 is 10.1 Å². The van der Waals surface area contributed by atoms with E-state index in [9.17, 15) is 4.79 Å². The first-order chi connectivity index (χ1) is 12.2. The van der Waals surface area contributed by atoms with Gasteiger partial charge in [0.05, 0.1) is 19.2 Å². The lowest BCUT2D eigenvalue weighted by molar-refractivity contribution is -0.117. The summed E-state index contributed by atoms with van der Waals surface area (Å²) in [5, 5.41) is 9.74. The maximum atomic E-state index is 12.7. The van der Waals surface area contributed by atoms with E-state index < -0.39 is 0 Å². The molecule has 5 nitrogen and oxygen atoms in total. The number of nitrogens with one attached hydrogen (secondary N) is 2. The smallest absolute Gasteiger partial charge is 0.231 e. The van der Waals surface area contributed by atoms with Gasteiger partial charge in [-0.1, -0.05) is 31.2 Å². The van der Waals surface area contributed by atoms with Gasteiger partial charge in [0.15, 0.2) is 0 Å². The number of H-pyrrole nitrogens is 1. The van der Waals surface area contributed by atoms with Crippen molar-refractivity contribution < 1.29 is 9.53 Å². The lowest BCUT2D eigenvalue weighted by Gasteiger charge is -2.16. The molecule has 3 aromatic rings. The zero-order valence-electron chi connectivity index (χ0n) is 14.3. The van der Waals surface area contributed by atoms with Gasteiger partial charge in [0.2, 0.25) is 5.91 Å². The summed E-state index contributed by atoms with van der Waals surface area (Å²) in [6, 6.07) is 15.4. The van der Waals surface area contributed by atoms with Crippen molar-refractivity contribution in [1.82, 2.24) is 10.2 Å². The van der Waals surface area contributed by atoms with Crippen LogP contribution in [-0.4, -0.2) is 23.2 Å². The Morgan fingerprint density at radius 1 is 1.20 bits per heavy atom. The predicted molar refractivity (Wildman–Crippen MR) is 98.7 cm³/mol. The van der Waals surface area contributed by atoms with E-state index in [4.69, 9.17) is 4.74 Å². The number of amides is 1. The van der Waals surface area contributed by atoms with Crippen molar-refractivity contribution in [2.24, 2.45) is 0 Å². The molecule has 0 aliphatic rings. The van der Waals surface area contributed by atoms with E-state index in [1.165, 1.54) is 0 Å². The Hall–Kier alpha value is -3.08. The number of anilines is 1. The molecule has 0 radical (unpaired) electrons. The first-order valence-corrected chi connectivity index (χ1v) is 8.25. The molecule has 0 fully saturated rings. The summed E-state index contributed by atoms with van der Waals surface area (Å²) in [5.74, 6) is 0.517. The van der Waals surface area contributed by atoms with Crippen LogP contribution in [0.5, 0.6) is 5.75 Å². The Balaban J connectivity index is 1.73. The van der Waals surface area contributed by atoms with E-state index in [2.05, 4.69) is 15.5 Å². The highest BCUT2D eigenvalue weighted by atomic mass is 16.5. The first-order valence-electron chi connectivity index (χ1n) is 8.25. The summed E-state index contributed by atoms with van der Waals surface area (Å²) in [6.45, 7) is 2.01. The van der Waals surface area contributed by atoms with Gasteiger partial charge in [-0.15, -0.1) is 0 Å². The molecule has 1 atom stereocenters. The predicted octanol–water partition coefficient (Wildman–Crippen LogP) is 4.22. The number of aromatic amines is 1. The molecule has 0 aliphatic carbocycles. The van der Waals surface area contributed by atoms with Crippen LogP contribution in [0.1, 0.15) is 24.8 Å². The maximum absolute atomic E-state index is 12.7. The standard InChI is InChI=1S/C20H21N3O2/c1-3-19(15-5-4-6-18(11-15)25-2)20(24)23-17-9-7-14(8-10-17)16-12-21-22-13-16/h4-13,19H,3H2,1-2H3,(H,21,22)(H,23,24)/t19-/m1/s1. The number of rotatable bonds is 6. The third kappa shape index (κ3) is 3.88. The van der Waals surface area contributed by atoms with Gasteiger partial charge < -0.3 is 10.1 Å². The van der Waals surface area contributed by atoms with E-state index >= 15 is 0 Å². The van der Waals surface area contributed by atoms with Crippen LogP contribution in [0.15, 0.2) is 60.9 Å². The minimum absolute atomic E-state index is 0.0215. The fraction of sp³-hybridized carbons (Fsp3) is 0.200. The zero-order valence-corrected chi connectivity index (χ0v) is 14.3. The molecule has 1 amide bonds. The molecule has 1 heterocycles. The molecule has 128 valence electrons. The Bertz CT molecular complexity index is 826. The van der Waals surface area contributed by atoms with Crippen LogP contribution in [0.2, 0.25) is 0 Å². The second-order valence-electron chi connectivity index (χ2n) is 5.79. The van der Waals surface area contributed by atoms with Crippen LogP contribution in [0, 0.1) is 0 Å². The van der Waals surface area contributed by atoms with Crippen molar-refractivity contribution >= 4 is 11.6 Å². The Kier molecular flexibility index (Phi) is 5.14. The summed E-state index contributed by atoms with van der Waals surface area (Å²) in [5.41, 5.74) is 3.79. The van der Waals surface area contributed by atoms with Crippen molar-refractivity contribution in [2.75, 3.05) is 12.4 Å². The van der Waals surface area contributed by atoms with Gasteiger partial charge in [0.25, 0.3) is 0 Å². The van der Waals surface area contributed by atoms with E-state index in [0.29, 0.717) is 6.42 Å². The fourth-order valence-electron chi connectivity index (χ4n) is 2.81. The Morgan fingerprint density at radius 2 is 2.00 bits per heavy atom. The molecule has 5 heteroatoms. The van der Waals surface area contributed by atoms with E-state index in [1.54, 1.807) is 13.3 Å².